The molecule has 1 aromatic heterocycles. The number of carbonyl (C=O) groups excluding carboxylic acids is 1. The van der Waals surface area contributed by atoms with Crippen LogP contribution < -0.4 is 10.6 Å². The third kappa shape index (κ3) is 8.74. The van der Waals surface area contributed by atoms with Crippen molar-refractivity contribution in [2.24, 2.45) is 4.99 Å². The molecule has 9 heteroatoms. The number of nitrogens with one attached hydrogen (secondary N) is 2. The average molecular weight is 546 g/mol. The standard InChI is InChI=1S/C31H43N7O2/c1-3-16-36(17-4-2)21-26-7-11-28(12-8-26)35-31(40)27-9-5-25(6-10-27)22-37(23-29-32-13-14-33-29)24-30-34-15-18-38(30)19-20-39/h5-12,15,18,39H,3-4,13-14,16-17,19-24H2,1-2H3,(H,32,33)(H,35,40). The SMILES string of the molecule is CCCN(CCC)Cc1ccc(NC(=O)c2ccc(CN(CC3=NCCN3)Cc3nccn3CCO)cc2)cc1. The zero-order chi connectivity index (χ0) is 28.2. The molecule has 0 bridgehead atoms. The second kappa shape index (κ2) is 15.3. The predicted molar refractivity (Wildman–Crippen MR) is 160 cm³/mol. The number of nitrogens with zero attached hydrogens (tertiary/aromatic N) is 5. The summed E-state index contributed by atoms with van der Waals surface area (Å²) >= 11 is 0. The first kappa shape index (κ1) is 29.5. The Balaban J connectivity index is 1.36. The highest BCUT2D eigenvalue weighted by atomic mass is 16.3. The lowest BCUT2D eigenvalue weighted by Gasteiger charge is -2.23. The van der Waals surface area contributed by atoms with Crippen LogP contribution in [0.2, 0.25) is 0 Å². The molecule has 1 aliphatic heterocycles. The van der Waals surface area contributed by atoms with Gasteiger partial charge in [0.25, 0.3) is 5.91 Å². The number of carbonyl (C=O) groups is 1. The van der Waals surface area contributed by atoms with Gasteiger partial charge in [0.05, 0.1) is 26.2 Å². The molecule has 0 fully saturated rings. The summed E-state index contributed by atoms with van der Waals surface area (Å²) in [5.41, 5.74) is 3.77. The summed E-state index contributed by atoms with van der Waals surface area (Å²) in [6.45, 7) is 11.8. The van der Waals surface area contributed by atoms with E-state index in [1.807, 2.05) is 47.2 Å². The number of rotatable bonds is 16. The lowest BCUT2D eigenvalue weighted by Crippen LogP contribution is -2.35. The molecular formula is C31H43N7O2. The zero-order valence-electron chi connectivity index (χ0n) is 23.9. The second-order valence-electron chi connectivity index (χ2n) is 10.3. The van der Waals surface area contributed by atoms with Gasteiger partial charge in [-0.25, -0.2) is 4.98 Å². The number of amidine groups is 1. The van der Waals surface area contributed by atoms with E-state index in [2.05, 4.69) is 56.4 Å². The van der Waals surface area contributed by atoms with Crippen LogP contribution in [0, 0.1) is 0 Å². The molecule has 1 amide bonds. The molecule has 0 radical (unpaired) electrons. The fraction of sp³-hybridized carbons (Fsp3) is 0.452. The van der Waals surface area contributed by atoms with Crippen molar-refractivity contribution in [2.75, 3.05) is 44.6 Å². The molecule has 0 saturated carbocycles. The maximum atomic E-state index is 12.9. The monoisotopic (exact) mass is 545 g/mol. The minimum Gasteiger partial charge on any atom is -0.395 e. The lowest BCUT2D eigenvalue weighted by molar-refractivity contribution is 0.102. The fourth-order valence-corrected chi connectivity index (χ4v) is 5.01. The molecule has 2 aromatic carbocycles. The maximum absolute atomic E-state index is 12.9. The molecule has 0 saturated heterocycles. The average Bonchev–Trinajstić information content (AvgIpc) is 3.63. The Morgan fingerprint density at radius 3 is 2.25 bits per heavy atom. The highest BCUT2D eigenvalue weighted by Gasteiger charge is 2.16. The van der Waals surface area contributed by atoms with Crippen LogP contribution >= 0.6 is 0 Å². The van der Waals surface area contributed by atoms with Crippen molar-refractivity contribution >= 4 is 17.4 Å². The zero-order valence-corrected chi connectivity index (χ0v) is 23.9. The van der Waals surface area contributed by atoms with Gasteiger partial charge < -0.3 is 20.3 Å². The summed E-state index contributed by atoms with van der Waals surface area (Å²) in [4.78, 5) is 26.7. The molecule has 0 spiro atoms. The summed E-state index contributed by atoms with van der Waals surface area (Å²) in [5.74, 6) is 1.76. The normalized spacial score (nSPS) is 13.1. The van der Waals surface area contributed by atoms with E-state index in [4.69, 9.17) is 0 Å². The Labute approximate surface area is 237 Å². The maximum Gasteiger partial charge on any atom is 0.255 e. The fourth-order valence-electron chi connectivity index (χ4n) is 5.01. The van der Waals surface area contributed by atoms with E-state index in [1.54, 1.807) is 6.20 Å². The number of benzene rings is 2. The van der Waals surface area contributed by atoms with Crippen molar-refractivity contribution in [1.29, 1.82) is 0 Å². The molecule has 0 atom stereocenters. The number of anilines is 1. The highest BCUT2D eigenvalue weighted by molar-refractivity contribution is 6.04. The van der Waals surface area contributed by atoms with Crippen molar-refractivity contribution < 1.29 is 9.90 Å². The van der Waals surface area contributed by atoms with Gasteiger partial charge in [-0.05, 0) is 61.3 Å². The van der Waals surface area contributed by atoms with Crippen molar-refractivity contribution in [3.05, 3.63) is 83.4 Å². The molecule has 2 heterocycles. The number of hydrogen-bond acceptors (Lipinski definition) is 7. The van der Waals surface area contributed by atoms with Crippen LogP contribution in [-0.2, 0) is 26.2 Å². The van der Waals surface area contributed by atoms with Crippen LogP contribution in [0.3, 0.4) is 0 Å². The number of aliphatic hydroxyl groups excluding tert-OH is 1. The lowest BCUT2D eigenvalue weighted by atomic mass is 10.1. The van der Waals surface area contributed by atoms with E-state index >= 15 is 0 Å². The third-order valence-electron chi connectivity index (χ3n) is 6.94. The Kier molecular flexibility index (Phi) is 11.3. The van der Waals surface area contributed by atoms with Gasteiger partial charge in [-0.1, -0.05) is 38.1 Å². The topological polar surface area (TPSA) is 98.0 Å². The molecule has 0 unspecified atom stereocenters. The Morgan fingerprint density at radius 1 is 0.950 bits per heavy atom. The Morgan fingerprint density at radius 2 is 1.62 bits per heavy atom. The van der Waals surface area contributed by atoms with Crippen LogP contribution in [0.1, 0.15) is 54.0 Å². The summed E-state index contributed by atoms with van der Waals surface area (Å²) in [5, 5.41) is 15.8. The molecule has 1 aliphatic rings. The van der Waals surface area contributed by atoms with Crippen LogP contribution in [0.15, 0.2) is 65.9 Å². The number of aliphatic hydroxyl groups is 1. The van der Waals surface area contributed by atoms with Gasteiger partial charge in [0.1, 0.15) is 11.7 Å². The molecule has 9 nitrogen and oxygen atoms in total. The highest BCUT2D eigenvalue weighted by Crippen LogP contribution is 2.16. The first-order chi connectivity index (χ1) is 19.6. The number of imidazole rings is 1. The third-order valence-corrected chi connectivity index (χ3v) is 6.94. The van der Waals surface area contributed by atoms with Gasteiger partial charge in [0, 0.05) is 49.8 Å². The molecular weight excluding hydrogens is 502 g/mol. The van der Waals surface area contributed by atoms with Crippen molar-refractivity contribution in [3.63, 3.8) is 0 Å². The van der Waals surface area contributed by atoms with Crippen LogP contribution in [-0.4, -0.2) is 75.5 Å². The molecule has 4 rings (SSSR count). The van der Waals surface area contributed by atoms with Gasteiger partial charge in [-0.3, -0.25) is 19.6 Å². The van der Waals surface area contributed by atoms with E-state index < -0.39 is 0 Å². The van der Waals surface area contributed by atoms with E-state index in [0.29, 0.717) is 31.7 Å². The van der Waals surface area contributed by atoms with Crippen LogP contribution in [0.5, 0.6) is 0 Å². The van der Waals surface area contributed by atoms with Crippen molar-refractivity contribution in [3.8, 4) is 0 Å². The van der Waals surface area contributed by atoms with E-state index in [1.165, 1.54) is 5.56 Å². The molecule has 3 aromatic rings. The van der Waals surface area contributed by atoms with E-state index in [-0.39, 0.29) is 12.5 Å². The minimum atomic E-state index is -0.120. The quantitative estimate of drug-likeness (QED) is 0.254. The van der Waals surface area contributed by atoms with Gasteiger partial charge in [-0.15, -0.1) is 0 Å². The smallest absolute Gasteiger partial charge is 0.255 e. The van der Waals surface area contributed by atoms with Crippen LogP contribution in [0.25, 0.3) is 0 Å². The molecule has 0 aliphatic carbocycles. The van der Waals surface area contributed by atoms with Crippen molar-refractivity contribution in [1.82, 2.24) is 24.7 Å². The van der Waals surface area contributed by atoms with Gasteiger partial charge in [-0.2, -0.15) is 0 Å². The van der Waals surface area contributed by atoms with Gasteiger partial charge in [0.15, 0.2) is 0 Å². The van der Waals surface area contributed by atoms with Gasteiger partial charge in [0.2, 0.25) is 0 Å². The number of amides is 1. The van der Waals surface area contributed by atoms with E-state index in [9.17, 15) is 9.90 Å². The molecule has 3 N–H and O–H groups in total. The number of aliphatic imine (C=N–C) groups is 1. The van der Waals surface area contributed by atoms with Gasteiger partial charge >= 0.3 is 0 Å². The summed E-state index contributed by atoms with van der Waals surface area (Å²) in [6.07, 6.45) is 5.95. The molecule has 40 heavy (non-hydrogen) atoms. The largest absolute Gasteiger partial charge is 0.395 e. The minimum absolute atomic E-state index is 0.0712. The van der Waals surface area contributed by atoms with E-state index in [0.717, 1.165) is 68.5 Å². The van der Waals surface area contributed by atoms with Crippen molar-refractivity contribution in [2.45, 2.75) is 52.9 Å². The Bertz CT molecular complexity index is 1220. The first-order valence-electron chi connectivity index (χ1n) is 14.4. The van der Waals surface area contributed by atoms with Crippen LogP contribution in [0.4, 0.5) is 5.69 Å². The summed E-state index contributed by atoms with van der Waals surface area (Å²) in [6, 6.07) is 15.9. The summed E-state index contributed by atoms with van der Waals surface area (Å²) in [7, 11) is 0. The number of aromatic nitrogens is 2. The summed E-state index contributed by atoms with van der Waals surface area (Å²) < 4.78 is 1.98. The Hall–Kier alpha value is -3.53. The second-order valence-corrected chi connectivity index (χ2v) is 10.3. The molecule has 214 valence electrons. The number of hydrogen-bond donors (Lipinski definition) is 3. The predicted octanol–water partition coefficient (Wildman–Crippen LogP) is 3.75. The first-order valence-corrected chi connectivity index (χ1v) is 14.4.